The largest absolute Gasteiger partial charge is 0.466 e. The van der Waals surface area contributed by atoms with Gasteiger partial charge in [0.05, 0.1) is 29.9 Å². The van der Waals surface area contributed by atoms with Gasteiger partial charge in [-0.3, -0.25) is 15.0 Å². The van der Waals surface area contributed by atoms with Crippen LogP contribution < -0.4 is 5.32 Å². The third-order valence-corrected chi connectivity index (χ3v) is 9.31. The number of amides is 1. The van der Waals surface area contributed by atoms with Crippen LogP contribution in [-0.4, -0.2) is 54.3 Å². The minimum absolute atomic E-state index is 0.0854. The number of aromatic nitrogens is 1. The van der Waals surface area contributed by atoms with Gasteiger partial charge >= 0.3 is 5.97 Å². The summed E-state index contributed by atoms with van der Waals surface area (Å²) in [5.41, 5.74) is 3.34. The van der Waals surface area contributed by atoms with Crippen LogP contribution in [0.1, 0.15) is 134 Å². The predicted octanol–water partition coefficient (Wildman–Crippen LogP) is 9.93. The molecule has 1 amide bonds. The highest BCUT2D eigenvalue weighted by Gasteiger charge is 2.11. The van der Waals surface area contributed by atoms with Crippen molar-refractivity contribution in [3.05, 3.63) is 54.1 Å². The third-order valence-electron chi connectivity index (χ3n) is 9.31. The number of carbonyl (C=O) groups excluding carboxylic acids is 2. The van der Waals surface area contributed by atoms with Gasteiger partial charge in [0.15, 0.2) is 0 Å². The van der Waals surface area contributed by atoms with E-state index < -0.39 is 0 Å². The topological polar surface area (TPSA) is 95.4 Å². The predicted molar refractivity (Wildman–Crippen MR) is 201 cm³/mol. The van der Waals surface area contributed by atoms with Crippen molar-refractivity contribution in [3.8, 4) is 0 Å². The van der Waals surface area contributed by atoms with Gasteiger partial charge in [-0.1, -0.05) is 127 Å². The molecule has 0 saturated heterocycles. The molecule has 0 unspecified atom stereocenters. The number of fused-ring (bicyclic) bond motifs is 2. The first-order chi connectivity index (χ1) is 23.5. The van der Waals surface area contributed by atoms with Crippen molar-refractivity contribution in [1.29, 1.82) is 5.41 Å². The molecule has 0 radical (unpaired) electrons. The molecular formula is C41H62N4O3. The summed E-state index contributed by atoms with van der Waals surface area (Å²) in [5, 5.41) is 13.8. The fourth-order valence-electron chi connectivity index (χ4n) is 6.36. The lowest BCUT2D eigenvalue weighted by molar-refractivity contribution is -0.145. The zero-order valence-corrected chi connectivity index (χ0v) is 30.0. The molecule has 48 heavy (non-hydrogen) atoms. The normalized spacial score (nSPS) is 11.2. The van der Waals surface area contributed by atoms with E-state index >= 15 is 0 Å². The van der Waals surface area contributed by atoms with E-state index in [1.165, 1.54) is 93.4 Å². The van der Waals surface area contributed by atoms with Gasteiger partial charge < -0.3 is 15.0 Å². The summed E-state index contributed by atoms with van der Waals surface area (Å²) in [6.07, 6.45) is 21.7. The van der Waals surface area contributed by atoms with Gasteiger partial charge in [-0.05, 0) is 43.4 Å². The minimum atomic E-state index is -0.349. The number of rotatable bonds is 26. The number of amidine groups is 1. The molecule has 1 heterocycles. The number of ether oxygens (including phenoxy) is 1. The van der Waals surface area contributed by atoms with E-state index in [0.29, 0.717) is 25.2 Å². The van der Waals surface area contributed by atoms with Crippen LogP contribution in [0.2, 0.25) is 0 Å². The monoisotopic (exact) mass is 658 g/mol. The van der Waals surface area contributed by atoms with Crippen LogP contribution in [0.25, 0.3) is 21.8 Å². The van der Waals surface area contributed by atoms with E-state index in [2.05, 4.69) is 48.6 Å². The van der Waals surface area contributed by atoms with Gasteiger partial charge in [0, 0.05) is 43.8 Å². The maximum Gasteiger partial charge on any atom is 0.306 e. The average molecular weight is 659 g/mol. The number of esters is 1. The lowest BCUT2D eigenvalue weighted by Crippen LogP contribution is -2.27. The van der Waals surface area contributed by atoms with Crippen LogP contribution >= 0.6 is 0 Å². The Hall–Kier alpha value is -3.48. The van der Waals surface area contributed by atoms with Crippen LogP contribution in [-0.2, 0) is 20.7 Å². The molecule has 7 nitrogen and oxygen atoms in total. The highest BCUT2D eigenvalue weighted by molar-refractivity contribution is 5.97. The van der Waals surface area contributed by atoms with E-state index in [1.807, 2.05) is 24.1 Å². The van der Waals surface area contributed by atoms with Gasteiger partial charge in [-0.15, -0.1) is 0 Å². The second-order valence-corrected chi connectivity index (χ2v) is 13.4. The lowest BCUT2D eigenvalue weighted by atomic mass is 9.98. The van der Waals surface area contributed by atoms with E-state index in [9.17, 15) is 9.59 Å². The van der Waals surface area contributed by atoms with Crippen molar-refractivity contribution in [2.24, 2.45) is 0 Å². The zero-order chi connectivity index (χ0) is 34.2. The number of unbranched alkanes of at least 4 members (excludes halogenated alkanes) is 13. The number of nitrogens with zero attached hydrogens (tertiary/aromatic N) is 2. The summed E-state index contributed by atoms with van der Waals surface area (Å²) < 4.78 is 5.33. The Bertz CT molecular complexity index is 1320. The van der Waals surface area contributed by atoms with E-state index in [4.69, 9.17) is 15.1 Å². The molecule has 0 bridgehead atoms. The molecule has 3 rings (SSSR count). The molecule has 3 aromatic rings. The highest BCUT2D eigenvalue weighted by Crippen LogP contribution is 2.27. The first-order valence-electron chi connectivity index (χ1n) is 19.0. The molecule has 264 valence electrons. The molecule has 7 heteroatoms. The number of hydrogen-bond donors (Lipinski definition) is 2. The van der Waals surface area contributed by atoms with Gasteiger partial charge in [0.2, 0.25) is 5.91 Å². The number of hydrogen-bond acceptors (Lipinski definition) is 5. The van der Waals surface area contributed by atoms with Crippen molar-refractivity contribution in [2.75, 3.05) is 26.7 Å². The number of benzene rings is 2. The number of para-hydroxylation sites is 2. The quantitative estimate of drug-likeness (QED) is 0.0294. The minimum Gasteiger partial charge on any atom is -0.466 e. The summed E-state index contributed by atoms with van der Waals surface area (Å²) >= 11 is 0. The molecule has 0 fully saturated rings. The molecule has 2 aromatic carbocycles. The van der Waals surface area contributed by atoms with Crippen molar-refractivity contribution in [1.82, 2.24) is 15.2 Å². The number of aryl methyl sites for hydroxylation is 1. The fraction of sp³-hybridized carbons (Fsp3) is 0.610. The molecule has 0 atom stereocenters. The Morgan fingerprint density at radius 3 is 1.83 bits per heavy atom. The third kappa shape index (κ3) is 15.2. The second kappa shape index (κ2) is 23.8. The molecule has 0 aliphatic carbocycles. The van der Waals surface area contributed by atoms with E-state index in [0.717, 1.165) is 43.3 Å². The van der Waals surface area contributed by atoms with Crippen LogP contribution in [0, 0.1) is 5.41 Å². The Balaban J connectivity index is 1.15. The SMILES string of the molecule is CCCCCCCCCCCCCCCCNC(=O)CCC(=O)OCCCC(=N)N(C)CCCc1c2ccccc2nc2ccccc12. The first kappa shape index (κ1) is 39.0. The number of carbonyl (C=O) groups is 2. The Labute approximate surface area is 290 Å². The summed E-state index contributed by atoms with van der Waals surface area (Å²) in [5.74, 6) is 0.106. The van der Waals surface area contributed by atoms with Crippen LogP contribution in [0.3, 0.4) is 0 Å². The fourth-order valence-corrected chi connectivity index (χ4v) is 6.36. The highest BCUT2D eigenvalue weighted by atomic mass is 16.5. The zero-order valence-electron chi connectivity index (χ0n) is 30.0. The maximum atomic E-state index is 12.1. The van der Waals surface area contributed by atoms with Crippen molar-refractivity contribution >= 4 is 39.5 Å². The number of pyridine rings is 1. The molecule has 0 spiro atoms. The van der Waals surface area contributed by atoms with Crippen LogP contribution in [0.5, 0.6) is 0 Å². The molecule has 2 N–H and O–H groups in total. The second-order valence-electron chi connectivity index (χ2n) is 13.4. The molecule has 0 saturated carbocycles. The first-order valence-corrected chi connectivity index (χ1v) is 19.0. The molecule has 1 aromatic heterocycles. The molecule has 0 aliphatic heterocycles. The van der Waals surface area contributed by atoms with Gasteiger partial charge in [0.1, 0.15) is 0 Å². The summed E-state index contributed by atoms with van der Waals surface area (Å²) in [6.45, 7) is 3.99. The number of nitrogens with one attached hydrogen (secondary N) is 2. The lowest BCUT2D eigenvalue weighted by Gasteiger charge is -2.20. The maximum absolute atomic E-state index is 12.1. The summed E-state index contributed by atoms with van der Waals surface area (Å²) in [6, 6.07) is 16.6. The Kier molecular flexibility index (Phi) is 19.3. The summed E-state index contributed by atoms with van der Waals surface area (Å²) in [4.78, 5) is 31.1. The standard InChI is InChI=1S/C41H62N4O3/c1-3-4-5-6-7-8-9-10-11-12-13-14-15-20-31-43-40(46)29-30-41(47)48-33-22-28-39(42)45(2)32-21-25-34-35-23-16-18-26-37(35)44-38-27-19-17-24-36(34)38/h16-19,23-24,26-27,42H,3-15,20-22,25,28-33H2,1-2H3,(H,43,46). The van der Waals surface area contributed by atoms with Gasteiger partial charge in [-0.25, -0.2) is 4.98 Å². The van der Waals surface area contributed by atoms with Crippen LogP contribution in [0.4, 0.5) is 0 Å². The van der Waals surface area contributed by atoms with Crippen LogP contribution in [0.15, 0.2) is 48.5 Å². The smallest absolute Gasteiger partial charge is 0.306 e. The van der Waals surface area contributed by atoms with Crippen molar-refractivity contribution in [3.63, 3.8) is 0 Å². The van der Waals surface area contributed by atoms with E-state index in [1.54, 1.807) is 0 Å². The van der Waals surface area contributed by atoms with E-state index in [-0.39, 0.29) is 31.3 Å². The summed E-state index contributed by atoms with van der Waals surface area (Å²) in [7, 11) is 1.95. The molecule has 0 aliphatic rings. The van der Waals surface area contributed by atoms with Gasteiger partial charge in [-0.2, -0.15) is 0 Å². The van der Waals surface area contributed by atoms with Gasteiger partial charge in [0.25, 0.3) is 0 Å². The molecular weight excluding hydrogens is 596 g/mol. The Morgan fingerprint density at radius 1 is 0.708 bits per heavy atom. The van der Waals surface area contributed by atoms with Crippen molar-refractivity contribution in [2.45, 2.75) is 135 Å². The van der Waals surface area contributed by atoms with Crippen molar-refractivity contribution < 1.29 is 14.3 Å². The average Bonchev–Trinajstić information content (AvgIpc) is 3.10. The Morgan fingerprint density at radius 2 is 1.25 bits per heavy atom.